The van der Waals surface area contributed by atoms with Gasteiger partial charge in [-0.15, -0.1) is 0 Å². The van der Waals surface area contributed by atoms with E-state index >= 15 is 0 Å². The predicted molar refractivity (Wildman–Crippen MR) is 122 cm³/mol. The first kappa shape index (κ1) is 20.3. The molecule has 1 amide bonds. The van der Waals surface area contributed by atoms with Crippen LogP contribution in [0.4, 0.5) is 0 Å². The molecule has 0 spiro atoms. The first-order chi connectivity index (χ1) is 14.1. The summed E-state index contributed by atoms with van der Waals surface area (Å²) < 4.78 is 0. The highest BCUT2D eigenvalue weighted by molar-refractivity contribution is 5.98. The predicted octanol–water partition coefficient (Wildman–Crippen LogP) is 6.42. The third-order valence-electron chi connectivity index (χ3n) is 5.08. The minimum absolute atomic E-state index is 0.0709. The van der Waals surface area contributed by atoms with Gasteiger partial charge < -0.3 is 5.32 Å². The Balaban J connectivity index is 2.07. The molecule has 0 radical (unpaired) electrons. The van der Waals surface area contributed by atoms with Crippen LogP contribution in [-0.2, 0) is 4.79 Å². The number of rotatable bonds is 7. The molecule has 3 aromatic carbocycles. The van der Waals surface area contributed by atoms with Crippen molar-refractivity contribution in [3.63, 3.8) is 0 Å². The van der Waals surface area contributed by atoms with Crippen LogP contribution in [0.2, 0.25) is 0 Å². The zero-order valence-corrected chi connectivity index (χ0v) is 17.1. The Bertz CT molecular complexity index is 986. The molecular weight excluding hydrogens is 354 g/mol. The monoisotopic (exact) mass is 381 g/mol. The maximum Gasteiger partial charge on any atom is 0.243 e. The summed E-state index contributed by atoms with van der Waals surface area (Å²) in [5.41, 5.74) is 7.24. The van der Waals surface area contributed by atoms with Crippen LogP contribution in [0.25, 0.3) is 11.1 Å². The second kappa shape index (κ2) is 9.70. The Morgan fingerprint density at radius 2 is 1.38 bits per heavy atom. The Labute approximate surface area is 173 Å². The fourth-order valence-electron chi connectivity index (χ4n) is 3.58. The van der Waals surface area contributed by atoms with Crippen molar-refractivity contribution in [2.45, 2.75) is 26.3 Å². The molecule has 2 nitrogen and oxygen atoms in total. The van der Waals surface area contributed by atoms with Gasteiger partial charge in [0.15, 0.2) is 0 Å². The second-order valence-corrected chi connectivity index (χ2v) is 7.00. The molecule has 0 aliphatic carbocycles. The zero-order valence-electron chi connectivity index (χ0n) is 17.1. The summed E-state index contributed by atoms with van der Waals surface area (Å²) >= 11 is 0. The molecule has 1 N–H and O–H groups in total. The summed E-state index contributed by atoms with van der Waals surface area (Å²) in [6, 6.07) is 29.5. The third-order valence-corrected chi connectivity index (χ3v) is 5.08. The molecule has 1 atom stereocenters. The Morgan fingerprint density at radius 1 is 0.862 bits per heavy atom. The molecule has 146 valence electrons. The van der Waals surface area contributed by atoms with Crippen molar-refractivity contribution < 1.29 is 4.79 Å². The molecule has 0 heterocycles. The van der Waals surface area contributed by atoms with Crippen LogP contribution in [0.1, 0.15) is 48.6 Å². The van der Waals surface area contributed by atoms with Gasteiger partial charge in [0.1, 0.15) is 0 Å². The molecule has 0 bridgehead atoms. The van der Waals surface area contributed by atoms with Gasteiger partial charge >= 0.3 is 0 Å². The number of hydrogen-bond donors (Lipinski definition) is 1. The van der Waals surface area contributed by atoms with E-state index in [1.165, 1.54) is 33.9 Å². The summed E-state index contributed by atoms with van der Waals surface area (Å²) in [6.07, 6.45) is 2.23. The Hall–Kier alpha value is -3.39. The second-order valence-electron chi connectivity index (χ2n) is 7.00. The maximum absolute atomic E-state index is 11.6. The summed E-state index contributed by atoms with van der Waals surface area (Å²) in [7, 11) is 0. The van der Waals surface area contributed by atoms with Gasteiger partial charge in [-0.3, -0.25) is 4.79 Å². The lowest BCUT2D eigenvalue weighted by Gasteiger charge is -2.18. The van der Waals surface area contributed by atoms with E-state index in [2.05, 4.69) is 91.6 Å². The Kier molecular flexibility index (Phi) is 6.80. The number of nitrogens with one attached hydrogen (secondary N) is 1. The van der Waals surface area contributed by atoms with Crippen molar-refractivity contribution in [2.24, 2.45) is 0 Å². The highest BCUT2D eigenvalue weighted by atomic mass is 16.1. The van der Waals surface area contributed by atoms with Crippen molar-refractivity contribution in [3.8, 4) is 0 Å². The average Bonchev–Trinajstić information content (AvgIpc) is 2.78. The van der Waals surface area contributed by atoms with E-state index in [0.29, 0.717) is 0 Å². The van der Waals surface area contributed by atoms with Gasteiger partial charge in [0, 0.05) is 0 Å². The van der Waals surface area contributed by atoms with Crippen molar-refractivity contribution in [1.29, 1.82) is 0 Å². The standard InChI is InChI=1S/C27H27NO/c1-4-25(22-12-8-6-9-13-22)27(23-14-10-7-11-15-23)24-18-16-21(17-19-24)20(3)28-26(29)5-2/h5-20H,2,4H2,1,3H3,(H,28,29)/b27-25-. The minimum Gasteiger partial charge on any atom is -0.346 e. The van der Waals surface area contributed by atoms with E-state index < -0.39 is 0 Å². The molecule has 0 aliphatic heterocycles. The molecule has 0 aromatic heterocycles. The number of hydrogen-bond acceptors (Lipinski definition) is 1. The van der Waals surface area contributed by atoms with E-state index in [1.54, 1.807) is 0 Å². The Morgan fingerprint density at radius 3 is 1.90 bits per heavy atom. The van der Waals surface area contributed by atoms with Crippen LogP contribution >= 0.6 is 0 Å². The molecule has 0 aliphatic rings. The molecule has 1 unspecified atom stereocenters. The lowest BCUT2D eigenvalue weighted by molar-refractivity contribution is -0.117. The maximum atomic E-state index is 11.6. The summed E-state index contributed by atoms with van der Waals surface area (Å²) in [6.45, 7) is 7.70. The van der Waals surface area contributed by atoms with Gasteiger partial charge in [0.05, 0.1) is 6.04 Å². The van der Waals surface area contributed by atoms with Crippen LogP contribution in [0.5, 0.6) is 0 Å². The lowest BCUT2D eigenvalue weighted by atomic mass is 9.87. The summed E-state index contributed by atoms with van der Waals surface area (Å²) in [4.78, 5) is 11.6. The molecular formula is C27H27NO. The van der Waals surface area contributed by atoms with Crippen molar-refractivity contribution >= 4 is 17.1 Å². The lowest BCUT2D eigenvalue weighted by Crippen LogP contribution is -2.24. The number of allylic oxidation sites excluding steroid dienone is 1. The van der Waals surface area contributed by atoms with Crippen molar-refractivity contribution in [1.82, 2.24) is 5.32 Å². The van der Waals surface area contributed by atoms with E-state index in [1.807, 2.05) is 19.1 Å². The van der Waals surface area contributed by atoms with Gasteiger partial charge in [0.25, 0.3) is 0 Å². The van der Waals surface area contributed by atoms with Gasteiger partial charge in [-0.2, -0.15) is 0 Å². The van der Waals surface area contributed by atoms with Gasteiger partial charge in [-0.1, -0.05) is 98.4 Å². The third kappa shape index (κ3) is 4.91. The first-order valence-corrected chi connectivity index (χ1v) is 10.0. The van der Waals surface area contributed by atoms with Crippen LogP contribution in [0.3, 0.4) is 0 Å². The first-order valence-electron chi connectivity index (χ1n) is 10.0. The average molecular weight is 382 g/mol. The summed E-state index contributed by atoms with van der Waals surface area (Å²) in [5, 5.41) is 2.92. The van der Waals surface area contributed by atoms with E-state index in [-0.39, 0.29) is 11.9 Å². The molecule has 0 saturated carbocycles. The minimum atomic E-state index is -0.163. The SMILES string of the molecule is C=CC(=O)NC(C)c1ccc(/C(=C(/CC)c2ccccc2)c2ccccc2)cc1. The van der Waals surface area contributed by atoms with Crippen molar-refractivity contribution in [3.05, 3.63) is 120 Å². The van der Waals surface area contributed by atoms with Gasteiger partial charge in [-0.05, 0) is 52.8 Å². The largest absolute Gasteiger partial charge is 0.346 e. The van der Waals surface area contributed by atoms with E-state index in [9.17, 15) is 4.79 Å². The number of benzene rings is 3. The van der Waals surface area contributed by atoms with Crippen LogP contribution < -0.4 is 5.32 Å². The molecule has 0 fully saturated rings. The molecule has 2 heteroatoms. The smallest absolute Gasteiger partial charge is 0.243 e. The molecule has 3 rings (SSSR count). The van der Waals surface area contributed by atoms with E-state index in [0.717, 1.165) is 12.0 Å². The van der Waals surface area contributed by atoms with Crippen molar-refractivity contribution in [2.75, 3.05) is 0 Å². The summed E-state index contributed by atoms with van der Waals surface area (Å²) in [5.74, 6) is -0.163. The quantitative estimate of drug-likeness (QED) is 0.371. The zero-order chi connectivity index (χ0) is 20.6. The topological polar surface area (TPSA) is 29.1 Å². The van der Waals surface area contributed by atoms with Crippen LogP contribution in [-0.4, -0.2) is 5.91 Å². The van der Waals surface area contributed by atoms with Crippen LogP contribution in [0.15, 0.2) is 97.6 Å². The van der Waals surface area contributed by atoms with E-state index in [4.69, 9.17) is 0 Å². The van der Waals surface area contributed by atoms with Gasteiger partial charge in [0.2, 0.25) is 5.91 Å². The molecule has 3 aromatic rings. The van der Waals surface area contributed by atoms with Gasteiger partial charge in [-0.25, -0.2) is 0 Å². The fraction of sp³-hybridized carbons (Fsp3) is 0.148. The number of carbonyl (C=O) groups excluding carboxylic acids is 1. The highest BCUT2D eigenvalue weighted by Crippen LogP contribution is 2.34. The normalized spacial score (nSPS) is 12.6. The molecule has 29 heavy (non-hydrogen) atoms. The number of carbonyl (C=O) groups is 1. The fourth-order valence-corrected chi connectivity index (χ4v) is 3.58. The number of amides is 1. The van der Waals surface area contributed by atoms with Crippen LogP contribution in [0, 0.1) is 0 Å². The molecule has 0 saturated heterocycles. The highest BCUT2D eigenvalue weighted by Gasteiger charge is 2.14.